The maximum Gasteiger partial charge on any atom is 0.292 e. The van der Waals surface area contributed by atoms with Gasteiger partial charge in [0.25, 0.3) is 6.26 Å². The molecular weight excluding hydrogens is 281 g/mol. The molecule has 0 amide bonds. The molecule has 0 aliphatic carbocycles. The first-order valence-electron chi connectivity index (χ1n) is 3.64. The van der Waals surface area contributed by atoms with E-state index < -0.39 is 0 Å². The Morgan fingerprint density at radius 2 is 2.15 bits per heavy atom. The summed E-state index contributed by atoms with van der Waals surface area (Å²) in [5.74, 6) is 1.30. The first kappa shape index (κ1) is 10.1. The third kappa shape index (κ3) is 2.49. The van der Waals surface area contributed by atoms with E-state index in [-0.39, 0.29) is 0 Å². The highest BCUT2D eigenvalue weighted by molar-refractivity contribution is 14.1. The average Bonchev–Trinajstić information content (AvgIpc) is 2.13. The minimum atomic E-state index is 0.546. The molecule has 0 radical (unpaired) electrons. The number of nitriles is 1. The largest absolute Gasteiger partial charge is 0.483 e. The Bertz CT molecular complexity index is 333. The molecule has 0 aliphatic rings. The van der Waals surface area contributed by atoms with Crippen LogP contribution in [0.25, 0.3) is 0 Å². The molecule has 0 unspecified atom stereocenters. The number of nitrogens with zero attached hydrogens (tertiary/aromatic N) is 1. The number of rotatable bonds is 3. The van der Waals surface area contributed by atoms with E-state index >= 15 is 0 Å². The number of hydrogen-bond acceptors (Lipinski definition) is 3. The van der Waals surface area contributed by atoms with Gasteiger partial charge in [-0.1, -0.05) is 6.07 Å². The summed E-state index contributed by atoms with van der Waals surface area (Å²) in [4.78, 5) is 0. The van der Waals surface area contributed by atoms with Gasteiger partial charge in [0, 0.05) is 5.56 Å². The summed E-state index contributed by atoms with van der Waals surface area (Å²) in [5, 5.41) is 8.35. The van der Waals surface area contributed by atoms with Crippen molar-refractivity contribution in [1.29, 1.82) is 5.26 Å². The Balaban J connectivity index is 2.97. The topological polar surface area (TPSA) is 42.2 Å². The molecule has 1 aromatic carbocycles. The molecule has 0 fully saturated rings. The maximum atomic E-state index is 8.35. The highest BCUT2D eigenvalue weighted by Gasteiger charge is 2.04. The van der Waals surface area contributed by atoms with Crippen LogP contribution in [0.3, 0.4) is 0 Å². The Morgan fingerprint density at radius 1 is 1.46 bits per heavy atom. The average molecular weight is 289 g/mol. The van der Waals surface area contributed by atoms with Crippen LogP contribution in [-0.4, -0.2) is 4.61 Å². The monoisotopic (exact) mass is 289 g/mol. The van der Waals surface area contributed by atoms with Crippen molar-refractivity contribution in [3.8, 4) is 17.8 Å². The number of alkyl halides is 1. The first-order valence-corrected chi connectivity index (χ1v) is 5.16. The van der Waals surface area contributed by atoms with Gasteiger partial charge in [-0.15, -0.1) is 5.26 Å². The summed E-state index contributed by atoms with van der Waals surface area (Å²) in [6, 6.07) is 5.37. The second-order valence-electron chi connectivity index (χ2n) is 2.33. The Hall–Kier alpha value is -0.960. The van der Waals surface area contributed by atoms with Crippen molar-refractivity contribution in [2.75, 3.05) is 4.61 Å². The number of halogens is 1. The summed E-state index contributed by atoms with van der Waals surface area (Å²) < 4.78 is 10.6. The van der Waals surface area contributed by atoms with Crippen LogP contribution in [-0.2, 0) is 0 Å². The SMILES string of the molecule is Cc1c(OC#N)cccc1OCI. The zero-order valence-corrected chi connectivity index (χ0v) is 9.24. The second-order valence-corrected chi connectivity index (χ2v) is 2.95. The Kier molecular flexibility index (Phi) is 3.83. The Labute approximate surface area is 90.4 Å². The van der Waals surface area contributed by atoms with Crippen LogP contribution in [0, 0.1) is 18.4 Å². The molecular formula is C9H8INO2. The van der Waals surface area contributed by atoms with Crippen molar-refractivity contribution in [3.05, 3.63) is 23.8 Å². The van der Waals surface area contributed by atoms with Crippen LogP contribution in [0.15, 0.2) is 18.2 Å². The van der Waals surface area contributed by atoms with E-state index in [0.717, 1.165) is 11.3 Å². The second kappa shape index (κ2) is 4.92. The molecule has 1 rings (SSSR count). The molecule has 0 bridgehead atoms. The van der Waals surface area contributed by atoms with Gasteiger partial charge in [-0.3, -0.25) is 0 Å². The van der Waals surface area contributed by atoms with Crippen LogP contribution in [0.2, 0.25) is 0 Å². The molecule has 0 heterocycles. The van der Waals surface area contributed by atoms with Gasteiger partial charge in [0.2, 0.25) is 0 Å². The van der Waals surface area contributed by atoms with Gasteiger partial charge in [-0.2, -0.15) is 0 Å². The van der Waals surface area contributed by atoms with Crippen LogP contribution < -0.4 is 9.47 Å². The fourth-order valence-corrected chi connectivity index (χ4v) is 1.30. The number of ether oxygens (including phenoxy) is 2. The molecule has 0 atom stereocenters. The van der Waals surface area contributed by atoms with Crippen LogP contribution in [0.1, 0.15) is 5.56 Å². The van der Waals surface area contributed by atoms with Crippen molar-refractivity contribution >= 4 is 22.6 Å². The molecule has 0 spiro atoms. The van der Waals surface area contributed by atoms with Gasteiger partial charge in [-0.25, -0.2) is 0 Å². The molecule has 0 N–H and O–H groups in total. The molecule has 0 saturated carbocycles. The third-order valence-corrected chi connectivity index (χ3v) is 1.91. The predicted octanol–water partition coefficient (Wildman–Crippen LogP) is 2.63. The van der Waals surface area contributed by atoms with Gasteiger partial charge in [0.1, 0.15) is 16.1 Å². The fourth-order valence-electron chi connectivity index (χ4n) is 0.969. The quantitative estimate of drug-likeness (QED) is 0.488. The van der Waals surface area contributed by atoms with E-state index in [2.05, 4.69) is 22.6 Å². The van der Waals surface area contributed by atoms with Gasteiger partial charge in [0.15, 0.2) is 0 Å². The molecule has 68 valence electrons. The summed E-state index contributed by atoms with van der Waals surface area (Å²) in [5.41, 5.74) is 0.848. The minimum absolute atomic E-state index is 0.546. The van der Waals surface area contributed by atoms with Crippen LogP contribution in [0.4, 0.5) is 0 Å². The minimum Gasteiger partial charge on any atom is -0.483 e. The normalized spacial score (nSPS) is 9.00. The van der Waals surface area contributed by atoms with E-state index in [1.54, 1.807) is 18.4 Å². The fraction of sp³-hybridized carbons (Fsp3) is 0.222. The van der Waals surface area contributed by atoms with Gasteiger partial charge >= 0.3 is 0 Å². The highest BCUT2D eigenvalue weighted by atomic mass is 127. The molecule has 0 saturated heterocycles. The lowest BCUT2D eigenvalue weighted by Gasteiger charge is -2.07. The molecule has 0 aromatic heterocycles. The predicted molar refractivity (Wildman–Crippen MR) is 56.9 cm³/mol. The highest BCUT2D eigenvalue weighted by Crippen LogP contribution is 2.27. The van der Waals surface area contributed by atoms with Gasteiger partial charge < -0.3 is 9.47 Å². The van der Waals surface area contributed by atoms with Crippen molar-refractivity contribution in [2.45, 2.75) is 6.92 Å². The molecule has 3 nitrogen and oxygen atoms in total. The van der Waals surface area contributed by atoms with Crippen molar-refractivity contribution in [1.82, 2.24) is 0 Å². The first-order chi connectivity index (χ1) is 6.29. The lowest BCUT2D eigenvalue weighted by Crippen LogP contribution is -1.93. The van der Waals surface area contributed by atoms with E-state index in [4.69, 9.17) is 14.7 Å². The van der Waals surface area contributed by atoms with E-state index in [1.807, 2.05) is 13.0 Å². The summed E-state index contributed by atoms with van der Waals surface area (Å²) >= 11 is 2.11. The maximum absolute atomic E-state index is 8.35. The standard InChI is InChI=1S/C9H8INO2/c1-7-8(12-5-10)3-2-4-9(7)13-6-11/h2-4H,5H2,1H3. The van der Waals surface area contributed by atoms with Crippen LogP contribution >= 0.6 is 22.6 Å². The summed E-state index contributed by atoms with van der Waals surface area (Å²) in [6.07, 6.45) is 1.64. The smallest absolute Gasteiger partial charge is 0.292 e. The Morgan fingerprint density at radius 3 is 2.77 bits per heavy atom. The third-order valence-electron chi connectivity index (χ3n) is 1.60. The molecule has 0 aliphatic heterocycles. The molecule has 13 heavy (non-hydrogen) atoms. The molecule has 1 aromatic rings. The lowest BCUT2D eigenvalue weighted by atomic mass is 10.2. The van der Waals surface area contributed by atoms with E-state index in [1.165, 1.54) is 0 Å². The van der Waals surface area contributed by atoms with Crippen molar-refractivity contribution in [2.24, 2.45) is 0 Å². The van der Waals surface area contributed by atoms with E-state index in [9.17, 15) is 0 Å². The summed E-state index contributed by atoms with van der Waals surface area (Å²) in [6.45, 7) is 1.86. The van der Waals surface area contributed by atoms with Crippen molar-refractivity contribution < 1.29 is 9.47 Å². The van der Waals surface area contributed by atoms with E-state index in [0.29, 0.717) is 10.4 Å². The zero-order chi connectivity index (χ0) is 9.68. The van der Waals surface area contributed by atoms with Crippen molar-refractivity contribution in [3.63, 3.8) is 0 Å². The molecule has 4 heteroatoms. The number of benzene rings is 1. The van der Waals surface area contributed by atoms with Gasteiger partial charge in [-0.05, 0) is 41.6 Å². The zero-order valence-electron chi connectivity index (χ0n) is 7.08. The number of hydrogen-bond donors (Lipinski definition) is 0. The van der Waals surface area contributed by atoms with Crippen LogP contribution in [0.5, 0.6) is 11.5 Å². The summed E-state index contributed by atoms with van der Waals surface area (Å²) in [7, 11) is 0. The lowest BCUT2D eigenvalue weighted by molar-refractivity contribution is 0.396. The van der Waals surface area contributed by atoms with Gasteiger partial charge in [0.05, 0.1) is 0 Å².